The maximum atomic E-state index is 12.3. The molecule has 0 bridgehead atoms. The number of carbonyl (C=O) groups excluding carboxylic acids is 1. The van der Waals surface area contributed by atoms with Crippen molar-refractivity contribution in [3.05, 3.63) is 64.7 Å². The molecule has 1 fully saturated rings. The van der Waals surface area contributed by atoms with E-state index in [0.29, 0.717) is 24.4 Å². The maximum absolute atomic E-state index is 12.3. The molecule has 0 aliphatic carbocycles. The Balaban J connectivity index is 1.46. The van der Waals surface area contributed by atoms with Gasteiger partial charge in [0, 0.05) is 17.6 Å². The molecule has 0 spiro atoms. The van der Waals surface area contributed by atoms with Crippen LogP contribution < -0.4 is 21.3 Å². The summed E-state index contributed by atoms with van der Waals surface area (Å²) < 4.78 is 22.5. The Kier molecular flexibility index (Phi) is 6.13. The van der Waals surface area contributed by atoms with Crippen LogP contribution in [0.5, 0.6) is 0 Å². The highest BCUT2D eigenvalue weighted by atomic mass is 35.5. The van der Waals surface area contributed by atoms with E-state index in [1.54, 1.807) is 12.1 Å². The lowest BCUT2D eigenvalue weighted by atomic mass is 10.0. The van der Waals surface area contributed by atoms with Crippen LogP contribution in [0, 0.1) is 0 Å². The van der Waals surface area contributed by atoms with E-state index in [-0.39, 0.29) is 22.9 Å². The lowest BCUT2D eigenvalue weighted by Crippen LogP contribution is -2.43. The van der Waals surface area contributed by atoms with Crippen LogP contribution in [-0.4, -0.2) is 26.9 Å². The third-order valence-corrected chi connectivity index (χ3v) is 5.64. The summed E-state index contributed by atoms with van der Waals surface area (Å²) in [6.45, 7) is 0.456. The molecule has 1 amide bonds. The molecule has 0 aromatic heterocycles. The standard InChI is InChI=1S/C18H21ClN4O3S/c19-14-5-3-13(4-6-14)16-11-17(23-22-16)18(24)21-10-9-12-1-7-15(8-2-12)27(20,25)26/h1-8,16-17,22-23H,9-11H2,(H,21,24)(H2,20,25,26). The number of hydrazine groups is 1. The van der Waals surface area contributed by atoms with Crippen LogP contribution in [0.2, 0.25) is 5.02 Å². The Labute approximate surface area is 163 Å². The van der Waals surface area contributed by atoms with Crippen molar-refractivity contribution in [3.63, 3.8) is 0 Å². The van der Waals surface area contributed by atoms with Crippen LogP contribution in [-0.2, 0) is 21.2 Å². The van der Waals surface area contributed by atoms with Gasteiger partial charge in [0.15, 0.2) is 0 Å². The first kappa shape index (κ1) is 19.8. The topological polar surface area (TPSA) is 113 Å². The molecule has 2 aromatic rings. The predicted octanol–water partition coefficient (Wildman–Crippen LogP) is 1.25. The number of hydrogen-bond acceptors (Lipinski definition) is 5. The molecule has 9 heteroatoms. The van der Waals surface area contributed by atoms with Crippen molar-refractivity contribution in [2.45, 2.75) is 29.8 Å². The molecular weight excluding hydrogens is 388 g/mol. The van der Waals surface area contributed by atoms with Gasteiger partial charge in [-0.2, -0.15) is 0 Å². The van der Waals surface area contributed by atoms with Gasteiger partial charge in [0.05, 0.1) is 4.90 Å². The number of nitrogens with two attached hydrogens (primary N) is 1. The minimum absolute atomic E-state index is 0.0452. The largest absolute Gasteiger partial charge is 0.354 e. The van der Waals surface area contributed by atoms with Crippen LogP contribution in [0.1, 0.15) is 23.6 Å². The summed E-state index contributed by atoms with van der Waals surface area (Å²) in [5.74, 6) is -0.0832. The van der Waals surface area contributed by atoms with Crippen LogP contribution in [0.25, 0.3) is 0 Å². The zero-order valence-electron chi connectivity index (χ0n) is 14.5. The molecule has 1 heterocycles. The van der Waals surface area contributed by atoms with Crippen LogP contribution in [0.3, 0.4) is 0 Å². The van der Waals surface area contributed by atoms with E-state index in [9.17, 15) is 13.2 Å². The van der Waals surface area contributed by atoms with E-state index in [2.05, 4.69) is 16.2 Å². The second kappa shape index (κ2) is 8.37. The van der Waals surface area contributed by atoms with Crippen molar-refractivity contribution < 1.29 is 13.2 Å². The van der Waals surface area contributed by atoms with Gasteiger partial charge < -0.3 is 5.32 Å². The summed E-state index contributed by atoms with van der Waals surface area (Å²) >= 11 is 5.90. The van der Waals surface area contributed by atoms with Crippen molar-refractivity contribution in [2.24, 2.45) is 5.14 Å². The molecule has 2 atom stereocenters. The lowest BCUT2D eigenvalue weighted by molar-refractivity contribution is -0.122. The Morgan fingerprint density at radius 2 is 1.78 bits per heavy atom. The number of primary sulfonamides is 1. The SMILES string of the molecule is NS(=O)(=O)c1ccc(CCNC(=O)C2CC(c3ccc(Cl)cc3)NN2)cc1. The number of halogens is 1. The highest BCUT2D eigenvalue weighted by Crippen LogP contribution is 2.23. The van der Waals surface area contributed by atoms with Crippen molar-refractivity contribution in [1.82, 2.24) is 16.2 Å². The number of benzene rings is 2. The van der Waals surface area contributed by atoms with Gasteiger partial charge in [-0.15, -0.1) is 0 Å². The Morgan fingerprint density at radius 3 is 2.41 bits per heavy atom. The quantitative estimate of drug-likeness (QED) is 0.574. The Bertz CT molecular complexity index is 901. The van der Waals surface area contributed by atoms with Gasteiger partial charge in [0.25, 0.3) is 0 Å². The van der Waals surface area contributed by atoms with E-state index in [0.717, 1.165) is 11.1 Å². The van der Waals surface area contributed by atoms with Crippen molar-refractivity contribution in [2.75, 3.05) is 6.54 Å². The molecular formula is C18H21ClN4O3S. The van der Waals surface area contributed by atoms with Gasteiger partial charge in [0.2, 0.25) is 15.9 Å². The first-order valence-electron chi connectivity index (χ1n) is 8.49. The number of amides is 1. The first-order chi connectivity index (χ1) is 12.8. The summed E-state index contributed by atoms with van der Waals surface area (Å²) in [4.78, 5) is 12.4. The van der Waals surface area contributed by atoms with E-state index in [1.165, 1.54) is 12.1 Å². The summed E-state index contributed by atoms with van der Waals surface area (Å²) in [5.41, 5.74) is 8.13. The Morgan fingerprint density at radius 1 is 1.11 bits per heavy atom. The molecule has 3 rings (SSSR count). The molecule has 2 unspecified atom stereocenters. The fourth-order valence-electron chi connectivity index (χ4n) is 2.94. The van der Waals surface area contributed by atoms with Crippen molar-refractivity contribution >= 4 is 27.5 Å². The van der Waals surface area contributed by atoms with Gasteiger partial charge >= 0.3 is 0 Å². The number of nitrogens with one attached hydrogen (secondary N) is 3. The summed E-state index contributed by atoms with van der Waals surface area (Å²) in [5, 5.41) is 8.64. The van der Waals surface area contributed by atoms with Gasteiger partial charge in [-0.3, -0.25) is 4.79 Å². The maximum Gasteiger partial charge on any atom is 0.238 e. The molecule has 2 aromatic carbocycles. The van der Waals surface area contributed by atoms with Crippen molar-refractivity contribution in [3.8, 4) is 0 Å². The highest BCUT2D eigenvalue weighted by Gasteiger charge is 2.29. The summed E-state index contributed by atoms with van der Waals surface area (Å²) in [6, 6.07) is 13.6. The van der Waals surface area contributed by atoms with Gasteiger partial charge in [-0.05, 0) is 48.2 Å². The third-order valence-electron chi connectivity index (χ3n) is 4.46. The lowest BCUT2D eigenvalue weighted by Gasteiger charge is -2.11. The highest BCUT2D eigenvalue weighted by molar-refractivity contribution is 7.89. The normalized spacial score (nSPS) is 19.8. The van der Waals surface area contributed by atoms with Crippen LogP contribution >= 0.6 is 11.6 Å². The average molecular weight is 409 g/mol. The fraction of sp³-hybridized carbons (Fsp3) is 0.278. The van der Waals surface area contributed by atoms with Gasteiger partial charge in [0.1, 0.15) is 6.04 Å². The molecule has 1 saturated heterocycles. The number of sulfonamides is 1. The van der Waals surface area contributed by atoms with E-state index in [1.807, 2.05) is 24.3 Å². The van der Waals surface area contributed by atoms with Crippen LogP contribution in [0.15, 0.2) is 53.4 Å². The average Bonchev–Trinajstić information content (AvgIpc) is 3.12. The molecule has 27 heavy (non-hydrogen) atoms. The predicted molar refractivity (Wildman–Crippen MR) is 103 cm³/mol. The zero-order valence-corrected chi connectivity index (χ0v) is 16.1. The smallest absolute Gasteiger partial charge is 0.238 e. The minimum Gasteiger partial charge on any atom is -0.354 e. The van der Waals surface area contributed by atoms with Crippen molar-refractivity contribution in [1.29, 1.82) is 0 Å². The number of rotatable bonds is 6. The summed E-state index contributed by atoms with van der Waals surface area (Å²) in [6.07, 6.45) is 1.23. The molecule has 1 aliphatic heterocycles. The third kappa shape index (κ3) is 5.27. The second-order valence-electron chi connectivity index (χ2n) is 6.41. The molecule has 5 N–H and O–H groups in total. The zero-order chi connectivity index (χ0) is 19.4. The van der Waals surface area contributed by atoms with Gasteiger partial charge in [-0.25, -0.2) is 24.4 Å². The molecule has 144 valence electrons. The van der Waals surface area contributed by atoms with E-state index < -0.39 is 10.0 Å². The number of carbonyl (C=O) groups is 1. The monoisotopic (exact) mass is 408 g/mol. The van der Waals surface area contributed by atoms with Crippen LogP contribution in [0.4, 0.5) is 0 Å². The minimum atomic E-state index is -3.69. The molecule has 7 nitrogen and oxygen atoms in total. The second-order valence-corrected chi connectivity index (χ2v) is 8.41. The first-order valence-corrected chi connectivity index (χ1v) is 10.4. The molecule has 1 aliphatic rings. The number of hydrogen-bond donors (Lipinski definition) is 4. The Hall–Kier alpha value is -1.97. The molecule has 0 radical (unpaired) electrons. The van der Waals surface area contributed by atoms with E-state index >= 15 is 0 Å². The fourth-order valence-corrected chi connectivity index (χ4v) is 3.58. The summed E-state index contributed by atoms with van der Waals surface area (Å²) in [7, 11) is -3.69. The molecule has 0 saturated carbocycles. The van der Waals surface area contributed by atoms with E-state index in [4.69, 9.17) is 16.7 Å². The van der Waals surface area contributed by atoms with Gasteiger partial charge in [-0.1, -0.05) is 35.9 Å².